The molecule has 2 fully saturated rings. The van der Waals surface area contributed by atoms with E-state index < -0.39 is 0 Å². The van der Waals surface area contributed by atoms with Crippen molar-refractivity contribution in [2.45, 2.75) is 71.1 Å². The van der Waals surface area contributed by atoms with Gasteiger partial charge in [-0.15, -0.1) is 0 Å². The first-order valence-electron chi connectivity index (χ1n) is 19.0. The van der Waals surface area contributed by atoms with E-state index in [4.69, 9.17) is 24.3 Å². The van der Waals surface area contributed by atoms with Crippen molar-refractivity contribution < 1.29 is 19.0 Å². The van der Waals surface area contributed by atoms with E-state index in [0.29, 0.717) is 55.3 Å². The molecule has 0 bridgehead atoms. The molecule has 2 aromatic carbocycles. The highest BCUT2D eigenvalue weighted by atomic mass is 16.5. The molecule has 0 saturated heterocycles. The predicted molar refractivity (Wildman–Crippen MR) is 211 cm³/mol. The van der Waals surface area contributed by atoms with Gasteiger partial charge in [-0.25, -0.2) is 9.97 Å². The Hall–Kier alpha value is -5.59. The number of aryl methyl sites for hydroxylation is 1. The molecule has 1 amide bonds. The molecule has 2 N–H and O–H groups in total. The third-order valence-corrected chi connectivity index (χ3v) is 10.3. The van der Waals surface area contributed by atoms with Gasteiger partial charge in [0.15, 0.2) is 11.5 Å². The van der Waals surface area contributed by atoms with Crippen molar-refractivity contribution in [1.29, 1.82) is 0 Å². The molecule has 0 radical (unpaired) electrons. The maximum Gasteiger partial charge on any atom is 0.228 e. The Labute approximate surface area is 321 Å². The summed E-state index contributed by atoms with van der Waals surface area (Å²) in [4.78, 5) is 25.9. The van der Waals surface area contributed by atoms with Crippen LogP contribution in [-0.4, -0.2) is 48.4 Å². The lowest BCUT2D eigenvalue weighted by atomic mass is 9.66. The Kier molecular flexibility index (Phi) is 10.1. The number of fused-ring (bicyclic) bond motifs is 1. The van der Waals surface area contributed by atoms with Crippen LogP contribution in [0.15, 0.2) is 97.3 Å². The number of aromatic nitrogens is 6. The second-order valence-electron chi connectivity index (χ2n) is 16.0. The average Bonchev–Trinajstić information content (AvgIpc) is 3.86. The van der Waals surface area contributed by atoms with E-state index in [-0.39, 0.29) is 28.7 Å². The lowest BCUT2D eigenvalue weighted by Crippen LogP contribution is -2.46. The molecule has 8 rings (SSSR count). The first-order chi connectivity index (χ1) is 26.6. The van der Waals surface area contributed by atoms with Gasteiger partial charge in [-0.3, -0.25) is 9.48 Å². The van der Waals surface area contributed by atoms with Crippen LogP contribution >= 0.6 is 0 Å². The number of hydrogen-bond acceptors (Lipinski definition) is 9. The molecule has 12 nitrogen and oxygen atoms in total. The maximum atomic E-state index is 12.2. The molecule has 55 heavy (non-hydrogen) atoms. The van der Waals surface area contributed by atoms with E-state index in [1.54, 1.807) is 24.5 Å². The van der Waals surface area contributed by atoms with Gasteiger partial charge in [-0.05, 0) is 42.9 Å². The van der Waals surface area contributed by atoms with Crippen molar-refractivity contribution in [2.24, 2.45) is 18.4 Å². The number of benzene rings is 2. The Bertz CT molecular complexity index is 2210. The number of ether oxygens (including phenoxy) is 3. The standard InChI is InChI=1S/C43H48N8O4/c1-42(2,3)36-21-38(47-41-48-39-35(50(41)4)19-34(24-45-39)55-33-17-18-44-37(20-33)46-40(52)31-15-16-31)49-51(36)32-22-43(23-32,27-53-25-29-11-7-5-8-12-29)28-54-26-30-13-9-6-10-14-30/h5-14,17-21,24,31-32H,15-16,22-23,25-28H2,1-4H3,(H,44,46,52)(H,45,47,48,49). The largest absolute Gasteiger partial charge is 0.455 e. The first kappa shape index (κ1) is 36.4. The van der Waals surface area contributed by atoms with Gasteiger partial charge in [0, 0.05) is 53.9 Å². The molecular weight excluding hydrogens is 693 g/mol. The third-order valence-electron chi connectivity index (χ3n) is 10.3. The van der Waals surface area contributed by atoms with Gasteiger partial charge in [0.05, 0.1) is 44.2 Å². The number of hydrogen-bond donors (Lipinski definition) is 2. The van der Waals surface area contributed by atoms with Crippen molar-refractivity contribution in [3.8, 4) is 11.5 Å². The molecule has 2 aliphatic carbocycles. The molecule has 0 aliphatic heterocycles. The highest BCUT2D eigenvalue weighted by molar-refractivity contribution is 5.93. The van der Waals surface area contributed by atoms with Gasteiger partial charge in [0.25, 0.3) is 0 Å². The number of amides is 1. The summed E-state index contributed by atoms with van der Waals surface area (Å²) in [6.45, 7) is 9.02. The Balaban J connectivity index is 0.968. The smallest absolute Gasteiger partial charge is 0.228 e. The number of anilines is 3. The first-order valence-corrected chi connectivity index (χ1v) is 19.0. The van der Waals surface area contributed by atoms with Crippen molar-refractivity contribution >= 4 is 34.7 Å². The summed E-state index contributed by atoms with van der Waals surface area (Å²) >= 11 is 0. The molecule has 284 valence electrons. The fraction of sp³-hybridized carbons (Fsp3) is 0.372. The van der Waals surface area contributed by atoms with Crippen molar-refractivity contribution in [3.05, 3.63) is 114 Å². The van der Waals surface area contributed by atoms with E-state index in [9.17, 15) is 4.79 Å². The van der Waals surface area contributed by atoms with E-state index in [1.165, 1.54) is 0 Å². The van der Waals surface area contributed by atoms with Crippen LogP contribution in [0.25, 0.3) is 11.2 Å². The second-order valence-corrected chi connectivity index (χ2v) is 16.0. The minimum absolute atomic E-state index is 0.00355. The molecular formula is C43H48N8O4. The highest BCUT2D eigenvalue weighted by Gasteiger charge is 2.47. The molecule has 4 heterocycles. The zero-order valence-corrected chi connectivity index (χ0v) is 31.9. The summed E-state index contributed by atoms with van der Waals surface area (Å²) in [7, 11) is 1.94. The van der Waals surface area contributed by atoms with Crippen molar-refractivity contribution in [3.63, 3.8) is 0 Å². The summed E-state index contributed by atoms with van der Waals surface area (Å²) in [6.07, 6.45) is 6.90. The van der Waals surface area contributed by atoms with Gasteiger partial charge >= 0.3 is 0 Å². The van der Waals surface area contributed by atoms with Gasteiger partial charge in [-0.1, -0.05) is 81.4 Å². The molecule has 0 spiro atoms. The number of rotatable bonds is 15. The van der Waals surface area contributed by atoms with Crippen LogP contribution in [-0.2, 0) is 39.9 Å². The zero-order chi connectivity index (χ0) is 38.0. The number of carbonyl (C=O) groups excluding carboxylic acids is 1. The molecule has 2 saturated carbocycles. The molecule has 6 aromatic rings. The lowest BCUT2D eigenvalue weighted by Gasteiger charge is -2.48. The second kappa shape index (κ2) is 15.3. The molecule has 0 atom stereocenters. The topological polar surface area (TPSA) is 130 Å². The quantitative estimate of drug-likeness (QED) is 0.106. The normalized spacial score (nSPS) is 15.5. The van der Waals surface area contributed by atoms with E-state index in [1.807, 2.05) is 54.1 Å². The number of nitrogens with one attached hydrogen (secondary N) is 2. The highest BCUT2D eigenvalue weighted by Crippen LogP contribution is 2.50. The van der Waals surface area contributed by atoms with Crippen molar-refractivity contribution in [2.75, 3.05) is 23.8 Å². The van der Waals surface area contributed by atoms with Gasteiger partial charge in [0.2, 0.25) is 11.9 Å². The minimum Gasteiger partial charge on any atom is -0.455 e. The van der Waals surface area contributed by atoms with Crippen LogP contribution in [0.3, 0.4) is 0 Å². The SMILES string of the molecule is Cn1c(Nc2cc(C(C)(C)C)n(C3CC(COCc4ccccc4)(COCc4ccccc4)C3)n2)nc2ncc(Oc3ccnc(NC(=O)C4CC4)c3)cc21. The summed E-state index contributed by atoms with van der Waals surface area (Å²) in [5, 5.41) is 11.5. The number of imidazole rings is 1. The molecule has 12 heteroatoms. The van der Waals surface area contributed by atoms with Crippen LogP contribution in [0.1, 0.15) is 69.3 Å². The molecule has 4 aromatic heterocycles. The number of carbonyl (C=O) groups is 1. The van der Waals surface area contributed by atoms with E-state index in [2.05, 4.69) is 76.4 Å². The van der Waals surface area contributed by atoms with Crippen molar-refractivity contribution in [1.82, 2.24) is 29.3 Å². The fourth-order valence-corrected chi connectivity index (χ4v) is 7.19. The number of pyridine rings is 2. The van der Waals surface area contributed by atoms with Gasteiger partial charge in [0.1, 0.15) is 17.3 Å². The van der Waals surface area contributed by atoms with Crippen LogP contribution in [0.4, 0.5) is 17.6 Å². The summed E-state index contributed by atoms with van der Waals surface area (Å²) in [5.41, 5.74) is 4.57. The monoisotopic (exact) mass is 740 g/mol. The van der Waals surface area contributed by atoms with E-state index >= 15 is 0 Å². The summed E-state index contributed by atoms with van der Waals surface area (Å²) in [6, 6.07) is 28.3. The lowest BCUT2D eigenvalue weighted by molar-refractivity contribution is -0.117. The molecule has 0 unspecified atom stereocenters. The van der Waals surface area contributed by atoms with Crippen LogP contribution in [0.5, 0.6) is 11.5 Å². The van der Waals surface area contributed by atoms with Crippen LogP contribution in [0, 0.1) is 11.3 Å². The number of nitrogens with zero attached hydrogens (tertiary/aromatic N) is 6. The van der Waals surface area contributed by atoms with Gasteiger partial charge < -0.3 is 29.4 Å². The molecule has 2 aliphatic rings. The Morgan fingerprint density at radius 3 is 2.16 bits per heavy atom. The van der Waals surface area contributed by atoms with Crippen LogP contribution in [0.2, 0.25) is 0 Å². The third kappa shape index (κ3) is 8.55. The van der Waals surface area contributed by atoms with E-state index in [0.717, 1.165) is 53.8 Å². The predicted octanol–water partition coefficient (Wildman–Crippen LogP) is 8.50. The fourth-order valence-electron chi connectivity index (χ4n) is 7.19. The average molecular weight is 741 g/mol. The minimum atomic E-state index is -0.146. The summed E-state index contributed by atoms with van der Waals surface area (Å²) in [5.74, 6) is 2.97. The Morgan fingerprint density at radius 2 is 1.53 bits per heavy atom. The van der Waals surface area contributed by atoms with Crippen LogP contribution < -0.4 is 15.4 Å². The zero-order valence-electron chi connectivity index (χ0n) is 31.9. The maximum absolute atomic E-state index is 12.2. The summed E-state index contributed by atoms with van der Waals surface area (Å²) < 4.78 is 23.0. The Morgan fingerprint density at radius 1 is 0.855 bits per heavy atom. The van der Waals surface area contributed by atoms with Gasteiger partial charge in [-0.2, -0.15) is 10.1 Å².